The number of nitrogens with one attached hydrogen (secondary N) is 1. The molecule has 1 aromatic heterocycles. The first-order valence-corrected chi connectivity index (χ1v) is 9.01. The van der Waals surface area contributed by atoms with Crippen LogP contribution in [-0.2, 0) is 9.84 Å². The van der Waals surface area contributed by atoms with Gasteiger partial charge < -0.3 is 10.1 Å². The second kappa shape index (κ2) is 4.79. The minimum absolute atomic E-state index is 0.0217. The van der Waals surface area contributed by atoms with Gasteiger partial charge in [-0.2, -0.15) is 0 Å². The van der Waals surface area contributed by atoms with E-state index in [2.05, 4.69) is 23.7 Å². The van der Waals surface area contributed by atoms with E-state index in [1.807, 2.05) is 0 Å². The largest absolute Gasteiger partial charge is 0.481 e. The summed E-state index contributed by atoms with van der Waals surface area (Å²) < 4.78 is 29.1. The Morgan fingerprint density at radius 2 is 2.15 bits per heavy atom. The van der Waals surface area contributed by atoms with Crippen molar-refractivity contribution in [3.8, 4) is 5.75 Å². The van der Waals surface area contributed by atoms with Crippen LogP contribution < -0.4 is 10.1 Å². The van der Waals surface area contributed by atoms with E-state index in [-0.39, 0.29) is 6.10 Å². The normalized spacial score (nSPS) is 18.0. The Labute approximate surface area is 122 Å². The molecule has 6 heteroatoms. The van der Waals surface area contributed by atoms with Gasteiger partial charge in [0.1, 0.15) is 5.75 Å². The summed E-state index contributed by atoms with van der Waals surface area (Å²) in [5, 5.41) is 5.31. The van der Waals surface area contributed by atoms with Crippen LogP contribution in [0.3, 0.4) is 0 Å². The van der Waals surface area contributed by atoms with Crippen LogP contribution in [0.1, 0.15) is 16.5 Å². The number of aryl methyl sites for hydroxylation is 1. The molecule has 0 aliphatic carbocycles. The average Bonchev–Trinajstić information content (AvgIpc) is 2.83. The number of rotatable bonds is 2. The fourth-order valence-electron chi connectivity index (χ4n) is 2.24. The van der Waals surface area contributed by atoms with Crippen LogP contribution in [0.25, 0.3) is 0 Å². The van der Waals surface area contributed by atoms with Crippen molar-refractivity contribution in [1.29, 1.82) is 0 Å². The van der Waals surface area contributed by atoms with Gasteiger partial charge in [-0.05, 0) is 42.1 Å². The molecule has 0 spiro atoms. The van der Waals surface area contributed by atoms with Crippen LogP contribution in [0.4, 0.5) is 5.69 Å². The Bertz CT molecular complexity index is 750. The van der Waals surface area contributed by atoms with E-state index < -0.39 is 9.84 Å². The van der Waals surface area contributed by atoms with Crippen LogP contribution in [0.2, 0.25) is 0 Å². The van der Waals surface area contributed by atoms with Gasteiger partial charge in [-0.3, -0.25) is 0 Å². The molecule has 0 saturated heterocycles. The second-order valence-electron chi connectivity index (χ2n) is 4.89. The molecule has 2 heterocycles. The molecule has 0 saturated carbocycles. The first-order valence-electron chi connectivity index (χ1n) is 6.24. The minimum atomic E-state index is -3.19. The summed E-state index contributed by atoms with van der Waals surface area (Å²) in [6, 6.07) is 7.00. The molecule has 1 N–H and O–H groups in total. The van der Waals surface area contributed by atoms with Crippen LogP contribution in [-0.4, -0.2) is 21.2 Å². The third-order valence-electron chi connectivity index (χ3n) is 3.32. The van der Waals surface area contributed by atoms with E-state index in [0.717, 1.165) is 5.69 Å². The molecule has 0 amide bonds. The average molecular weight is 309 g/mol. The predicted molar refractivity (Wildman–Crippen MR) is 80.5 cm³/mol. The smallest absolute Gasteiger partial charge is 0.175 e. The van der Waals surface area contributed by atoms with Crippen molar-refractivity contribution >= 4 is 26.9 Å². The van der Waals surface area contributed by atoms with Crippen molar-refractivity contribution < 1.29 is 13.2 Å². The summed E-state index contributed by atoms with van der Waals surface area (Å²) in [7, 11) is -3.19. The molecular weight excluding hydrogens is 294 g/mol. The van der Waals surface area contributed by atoms with Crippen molar-refractivity contribution in [2.45, 2.75) is 17.9 Å². The summed E-state index contributed by atoms with van der Waals surface area (Å²) in [4.78, 5) is 1.51. The summed E-state index contributed by atoms with van der Waals surface area (Å²) in [5.41, 5.74) is 1.95. The van der Waals surface area contributed by atoms with Crippen molar-refractivity contribution in [2.75, 3.05) is 18.1 Å². The molecule has 0 radical (unpaired) electrons. The Balaban J connectivity index is 1.92. The first-order chi connectivity index (χ1) is 9.45. The topological polar surface area (TPSA) is 55.4 Å². The lowest BCUT2D eigenvalue weighted by molar-refractivity contribution is 0.213. The Kier molecular flexibility index (Phi) is 3.22. The molecule has 20 heavy (non-hydrogen) atoms. The Hall–Kier alpha value is -1.53. The standard InChI is InChI=1S/C14H15NO3S2/c1-9-5-6-19-14(9)13-8-15-11-7-10(20(2,16)17)3-4-12(11)18-13/h3-7,13,15H,8H2,1-2H3. The number of anilines is 1. The quantitative estimate of drug-likeness (QED) is 0.926. The molecule has 1 aliphatic rings. The lowest BCUT2D eigenvalue weighted by Gasteiger charge is -2.27. The van der Waals surface area contributed by atoms with Crippen LogP contribution >= 0.6 is 11.3 Å². The summed E-state index contributed by atoms with van der Waals surface area (Å²) in [6.07, 6.45) is 1.18. The first kappa shape index (κ1) is 13.5. The maximum Gasteiger partial charge on any atom is 0.175 e. The van der Waals surface area contributed by atoms with Gasteiger partial charge in [0.15, 0.2) is 15.9 Å². The van der Waals surface area contributed by atoms with E-state index >= 15 is 0 Å². The molecule has 1 aromatic carbocycles. The van der Waals surface area contributed by atoms with Crippen molar-refractivity contribution in [1.82, 2.24) is 0 Å². The van der Waals surface area contributed by atoms with Gasteiger partial charge in [-0.15, -0.1) is 11.3 Å². The lowest BCUT2D eigenvalue weighted by Crippen LogP contribution is -2.23. The van der Waals surface area contributed by atoms with Crippen molar-refractivity contribution in [2.24, 2.45) is 0 Å². The Morgan fingerprint density at radius 1 is 1.35 bits per heavy atom. The number of hydrogen-bond donors (Lipinski definition) is 1. The molecule has 1 unspecified atom stereocenters. The number of ether oxygens (including phenoxy) is 1. The third kappa shape index (κ3) is 2.41. The van der Waals surface area contributed by atoms with Crippen molar-refractivity contribution in [3.63, 3.8) is 0 Å². The van der Waals surface area contributed by atoms with E-state index in [1.54, 1.807) is 29.5 Å². The van der Waals surface area contributed by atoms with Gasteiger partial charge in [-0.25, -0.2) is 8.42 Å². The molecule has 3 rings (SSSR count). The third-order valence-corrected chi connectivity index (χ3v) is 5.54. The van der Waals surface area contributed by atoms with Crippen molar-refractivity contribution in [3.05, 3.63) is 40.1 Å². The van der Waals surface area contributed by atoms with E-state index in [9.17, 15) is 8.42 Å². The molecule has 2 aromatic rings. The highest BCUT2D eigenvalue weighted by molar-refractivity contribution is 7.90. The van der Waals surface area contributed by atoms with E-state index in [1.165, 1.54) is 16.7 Å². The van der Waals surface area contributed by atoms with E-state index in [4.69, 9.17) is 4.74 Å². The number of sulfone groups is 1. The highest BCUT2D eigenvalue weighted by Crippen LogP contribution is 2.37. The highest BCUT2D eigenvalue weighted by atomic mass is 32.2. The molecule has 106 valence electrons. The van der Waals surface area contributed by atoms with Gasteiger partial charge in [0, 0.05) is 11.1 Å². The molecule has 1 atom stereocenters. The molecule has 1 aliphatic heterocycles. The lowest BCUT2D eigenvalue weighted by atomic mass is 10.1. The highest BCUT2D eigenvalue weighted by Gasteiger charge is 2.24. The summed E-state index contributed by atoms with van der Waals surface area (Å²) in [5.74, 6) is 0.696. The fourth-order valence-corrected chi connectivity index (χ4v) is 3.84. The predicted octanol–water partition coefficient (Wildman–Crippen LogP) is 3.01. The number of benzene rings is 1. The molecule has 0 fully saturated rings. The van der Waals surface area contributed by atoms with Crippen LogP contribution in [0.5, 0.6) is 5.75 Å². The van der Waals surface area contributed by atoms with E-state index in [0.29, 0.717) is 17.2 Å². The summed E-state index contributed by atoms with van der Waals surface area (Å²) >= 11 is 1.68. The molecule has 0 bridgehead atoms. The number of thiophene rings is 1. The van der Waals surface area contributed by atoms with Gasteiger partial charge in [0.05, 0.1) is 17.1 Å². The van der Waals surface area contributed by atoms with Gasteiger partial charge in [-0.1, -0.05) is 0 Å². The fraction of sp³-hybridized carbons (Fsp3) is 0.286. The van der Waals surface area contributed by atoms with Gasteiger partial charge in [0.25, 0.3) is 0 Å². The minimum Gasteiger partial charge on any atom is -0.481 e. The maximum atomic E-state index is 11.5. The van der Waals surface area contributed by atoms with Crippen LogP contribution in [0, 0.1) is 6.92 Å². The SMILES string of the molecule is Cc1ccsc1C1CNc2cc(S(C)(=O)=O)ccc2O1. The number of fused-ring (bicyclic) bond motifs is 1. The van der Waals surface area contributed by atoms with Gasteiger partial charge in [0.2, 0.25) is 0 Å². The maximum absolute atomic E-state index is 11.5. The van der Waals surface area contributed by atoms with Gasteiger partial charge >= 0.3 is 0 Å². The number of hydrogen-bond acceptors (Lipinski definition) is 5. The Morgan fingerprint density at radius 3 is 2.80 bits per heavy atom. The second-order valence-corrected chi connectivity index (χ2v) is 7.85. The van der Waals surface area contributed by atoms with Crippen LogP contribution in [0.15, 0.2) is 34.5 Å². The molecular formula is C14H15NO3S2. The monoisotopic (exact) mass is 309 g/mol. The molecule has 4 nitrogen and oxygen atoms in total. The summed E-state index contributed by atoms with van der Waals surface area (Å²) in [6.45, 7) is 2.71. The zero-order chi connectivity index (χ0) is 14.3. The zero-order valence-corrected chi connectivity index (χ0v) is 12.8. The zero-order valence-electron chi connectivity index (χ0n) is 11.2.